The van der Waals surface area contributed by atoms with Crippen LogP contribution in [0.3, 0.4) is 0 Å². The van der Waals surface area contributed by atoms with Crippen LogP contribution in [0.4, 0.5) is 5.13 Å². The number of aryl methyl sites for hydroxylation is 1. The minimum atomic E-state index is -3.43. The van der Waals surface area contributed by atoms with Gasteiger partial charge in [-0.3, -0.25) is 9.69 Å². The van der Waals surface area contributed by atoms with Gasteiger partial charge in [0.05, 0.1) is 27.4 Å². The number of nitrogens with zero attached hydrogens (tertiary/aromatic N) is 2. The predicted molar refractivity (Wildman–Crippen MR) is 130 cm³/mol. The number of hydrogen-bond donors (Lipinski definition) is 0. The lowest BCUT2D eigenvalue weighted by Gasteiger charge is -2.20. The Morgan fingerprint density at radius 3 is 2.53 bits per heavy atom. The SMILES string of the molecule is CCS(=O)(=O)c1cccc(C(=O)N(Cc2ccccc2)c2nc3c(C)cc(Cl)cc3s2)c1. The van der Waals surface area contributed by atoms with Crippen LogP contribution < -0.4 is 4.90 Å². The van der Waals surface area contributed by atoms with Gasteiger partial charge in [-0.2, -0.15) is 0 Å². The van der Waals surface area contributed by atoms with Gasteiger partial charge in [0.25, 0.3) is 5.91 Å². The second-order valence-corrected chi connectivity index (χ2v) is 11.1. The van der Waals surface area contributed by atoms with E-state index in [1.54, 1.807) is 24.0 Å². The number of aromatic nitrogens is 1. The fourth-order valence-corrected chi connectivity index (χ4v) is 5.74. The quantitative estimate of drug-likeness (QED) is 0.341. The first kappa shape index (κ1) is 22.5. The predicted octanol–water partition coefficient (Wildman–Crippen LogP) is 5.90. The molecule has 0 atom stereocenters. The minimum Gasteiger partial charge on any atom is -0.279 e. The maximum atomic E-state index is 13.6. The van der Waals surface area contributed by atoms with Crippen molar-refractivity contribution in [2.45, 2.75) is 25.3 Å². The summed E-state index contributed by atoms with van der Waals surface area (Å²) in [5.74, 6) is -0.346. The van der Waals surface area contributed by atoms with Crippen molar-refractivity contribution in [3.8, 4) is 0 Å². The summed E-state index contributed by atoms with van der Waals surface area (Å²) in [6.45, 7) is 3.82. The van der Waals surface area contributed by atoms with E-state index in [2.05, 4.69) is 0 Å². The van der Waals surface area contributed by atoms with E-state index >= 15 is 0 Å². The molecule has 1 heterocycles. The Morgan fingerprint density at radius 2 is 1.81 bits per heavy atom. The second-order valence-electron chi connectivity index (χ2n) is 7.37. The van der Waals surface area contributed by atoms with Gasteiger partial charge in [-0.25, -0.2) is 13.4 Å². The largest absolute Gasteiger partial charge is 0.279 e. The fourth-order valence-electron chi connectivity index (χ4n) is 3.40. The van der Waals surface area contributed by atoms with Crippen LogP contribution in [0.15, 0.2) is 71.6 Å². The number of carbonyl (C=O) groups excluding carboxylic acids is 1. The molecule has 0 radical (unpaired) electrons. The zero-order valence-electron chi connectivity index (χ0n) is 17.6. The molecule has 0 saturated heterocycles. The molecule has 0 N–H and O–H groups in total. The number of sulfone groups is 1. The normalized spacial score (nSPS) is 11.6. The molecule has 4 rings (SSSR count). The van der Waals surface area contributed by atoms with Crippen LogP contribution in [0.25, 0.3) is 10.2 Å². The highest BCUT2D eigenvalue weighted by atomic mass is 35.5. The van der Waals surface area contributed by atoms with E-state index in [0.717, 1.165) is 21.3 Å². The van der Waals surface area contributed by atoms with Crippen molar-refractivity contribution in [1.82, 2.24) is 4.98 Å². The third kappa shape index (κ3) is 4.55. The van der Waals surface area contributed by atoms with E-state index in [1.807, 2.05) is 49.4 Å². The number of carbonyl (C=O) groups is 1. The Balaban J connectivity index is 1.81. The Morgan fingerprint density at radius 1 is 1.06 bits per heavy atom. The number of fused-ring (bicyclic) bond motifs is 1. The van der Waals surface area contributed by atoms with Crippen LogP contribution in [-0.4, -0.2) is 25.1 Å². The molecule has 3 aromatic carbocycles. The van der Waals surface area contributed by atoms with Crippen molar-refractivity contribution in [2.75, 3.05) is 10.7 Å². The molecule has 5 nitrogen and oxygen atoms in total. The molecule has 0 saturated carbocycles. The van der Waals surface area contributed by atoms with Gasteiger partial charge in [0.1, 0.15) is 0 Å². The zero-order valence-corrected chi connectivity index (χ0v) is 20.0. The lowest BCUT2D eigenvalue weighted by Crippen LogP contribution is -2.30. The number of amides is 1. The summed E-state index contributed by atoms with van der Waals surface area (Å²) in [6.07, 6.45) is 0. The molecule has 164 valence electrons. The Hall–Kier alpha value is -2.74. The van der Waals surface area contributed by atoms with Gasteiger partial charge in [0, 0.05) is 10.6 Å². The van der Waals surface area contributed by atoms with Crippen LogP contribution >= 0.6 is 22.9 Å². The summed E-state index contributed by atoms with van der Waals surface area (Å²) >= 11 is 7.60. The summed E-state index contributed by atoms with van der Waals surface area (Å²) in [7, 11) is -3.43. The first-order valence-corrected chi connectivity index (χ1v) is 12.9. The van der Waals surface area contributed by atoms with Crippen LogP contribution in [0.2, 0.25) is 5.02 Å². The van der Waals surface area contributed by atoms with Gasteiger partial charge in [0.2, 0.25) is 0 Å². The van der Waals surface area contributed by atoms with Gasteiger partial charge >= 0.3 is 0 Å². The molecule has 1 amide bonds. The summed E-state index contributed by atoms with van der Waals surface area (Å²) < 4.78 is 25.6. The van der Waals surface area contributed by atoms with Crippen molar-refractivity contribution in [3.05, 3.63) is 88.4 Å². The molecular formula is C24H21ClN2O3S2. The molecule has 1 aromatic heterocycles. The second kappa shape index (κ2) is 9.02. The van der Waals surface area contributed by atoms with Crippen molar-refractivity contribution < 1.29 is 13.2 Å². The molecule has 0 bridgehead atoms. The average Bonchev–Trinajstić information content (AvgIpc) is 3.22. The number of thiazole rings is 1. The molecule has 0 spiro atoms. The molecular weight excluding hydrogens is 464 g/mol. The van der Waals surface area contributed by atoms with E-state index in [4.69, 9.17) is 16.6 Å². The monoisotopic (exact) mass is 484 g/mol. The standard InChI is InChI=1S/C24H21ClN2O3S2/c1-3-32(29,30)20-11-7-10-18(13-20)23(28)27(15-17-8-5-4-6-9-17)24-26-22-16(2)12-19(25)14-21(22)31-24/h4-14H,3,15H2,1-2H3. The Kier molecular flexibility index (Phi) is 6.33. The lowest BCUT2D eigenvalue weighted by atomic mass is 10.1. The smallest absolute Gasteiger partial charge is 0.260 e. The number of hydrogen-bond acceptors (Lipinski definition) is 5. The first-order valence-electron chi connectivity index (χ1n) is 10.0. The molecule has 32 heavy (non-hydrogen) atoms. The highest BCUT2D eigenvalue weighted by molar-refractivity contribution is 7.91. The summed E-state index contributed by atoms with van der Waals surface area (Å²) in [5, 5.41) is 1.14. The van der Waals surface area contributed by atoms with Crippen LogP contribution in [0.1, 0.15) is 28.4 Å². The number of benzene rings is 3. The summed E-state index contributed by atoms with van der Waals surface area (Å²) in [6, 6.07) is 19.5. The van der Waals surface area contributed by atoms with Crippen molar-refractivity contribution in [2.24, 2.45) is 0 Å². The Labute approximate surface area is 196 Å². The molecule has 0 aliphatic heterocycles. The maximum absolute atomic E-state index is 13.6. The zero-order chi connectivity index (χ0) is 22.9. The van der Waals surface area contributed by atoms with Crippen molar-refractivity contribution in [3.63, 3.8) is 0 Å². The topological polar surface area (TPSA) is 67.3 Å². The molecule has 0 unspecified atom stereocenters. The number of rotatable bonds is 6. The third-order valence-electron chi connectivity index (χ3n) is 5.12. The van der Waals surface area contributed by atoms with Crippen molar-refractivity contribution >= 4 is 54.0 Å². The Bertz CT molecular complexity index is 1400. The van der Waals surface area contributed by atoms with Crippen molar-refractivity contribution in [1.29, 1.82) is 0 Å². The minimum absolute atomic E-state index is 0.0315. The molecule has 8 heteroatoms. The first-order chi connectivity index (χ1) is 15.3. The van der Waals surface area contributed by atoms with Crippen LogP contribution in [-0.2, 0) is 16.4 Å². The van der Waals surface area contributed by atoms with Gasteiger partial charge in [-0.1, -0.05) is 66.3 Å². The third-order valence-corrected chi connectivity index (χ3v) is 8.09. The molecule has 0 fully saturated rings. The number of anilines is 1. The van der Waals surface area contributed by atoms with Gasteiger partial charge in [0.15, 0.2) is 15.0 Å². The van der Waals surface area contributed by atoms with E-state index < -0.39 is 9.84 Å². The van der Waals surface area contributed by atoms with E-state index in [1.165, 1.54) is 23.5 Å². The summed E-state index contributed by atoms with van der Waals surface area (Å²) in [5.41, 5.74) is 2.96. The molecule has 0 aliphatic rings. The summed E-state index contributed by atoms with van der Waals surface area (Å²) in [4.78, 5) is 20.1. The fraction of sp³-hybridized carbons (Fsp3) is 0.167. The van der Waals surface area contributed by atoms with E-state index in [9.17, 15) is 13.2 Å². The van der Waals surface area contributed by atoms with Gasteiger partial charge < -0.3 is 0 Å². The van der Waals surface area contributed by atoms with Crippen LogP contribution in [0.5, 0.6) is 0 Å². The van der Waals surface area contributed by atoms with E-state index in [0.29, 0.717) is 22.3 Å². The lowest BCUT2D eigenvalue weighted by molar-refractivity contribution is 0.0985. The van der Waals surface area contributed by atoms with E-state index in [-0.39, 0.29) is 16.6 Å². The highest BCUT2D eigenvalue weighted by Crippen LogP contribution is 2.34. The molecule has 0 aliphatic carbocycles. The maximum Gasteiger partial charge on any atom is 0.260 e. The molecule has 4 aromatic rings. The van der Waals surface area contributed by atoms with Crippen LogP contribution in [0, 0.1) is 6.92 Å². The van der Waals surface area contributed by atoms with Gasteiger partial charge in [-0.05, 0) is 48.4 Å². The number of halogens is 1. The van der Waals surface area contributed by atoms with Gasteiger partial charge in [-0.15, -0.1) is 0 Å². The highest BCUT2D eigenvalue weighted by Gasteiger charge is 2.24. The average molecular weight is 485 g/mol.